The third-order valence-corrected chi connectivity index (χ3v) is 6.36. The van der Waals surface area contributed by atoms with E-state index in [1.807, 2.05) is 42.7 Å². The Kier molecular flexibility index (Phi) is 6.13. The predicted molar refractivity (Wildman–Crippen MR) is 140 cm³/mol. The van der Waals surface area contributed by atoms with Crippen molar-refractivity contribution in [1.82, 2.24) is 24.5 Å². The smallest absolute Gasteiger partial charge is 0.247 e. The molecule has 0 spiro atoms. The highest BCUT2D eigenvalue weighted by Gasteiger charge is 2.22. The molecule has 9 heteroatoms. The van der Waals surface area contributed by atoms with Gasteiger partial charge in [0.1, 0.15) is 12.0 Å². The molecular formula is C28H27FN6O2. The van der Waals surface area contributed by atoms with Crippen molar-refractivity contribution in [2.24, 2.45) is 0 Å². The number of pyridine rings is 1. The Morgan fingerprint density at radius 3 is 2.70 bits per heavy atom. The zero-order chi connectivity index (χ0) is 25.4. The fourth-order valence-corrected chi connectivity index (χ4v) is 4.64. The van der Waals surface area contributed by atoms with Gasteiger partial charge in [0.2, 0.25) is 11.8 Å². The molecule has 0 aliphatic carbocycles. The lowest BCUT2D eigenvalue weighted by Crippen LogP contribution is -2.18. The summed E-state index contributed by atoms with van der Waals surface area (Å²) < 4.78 is 27.5. The number of benzene rings is 2. The second kappa shape index (κ2) is 9.74. The molecule has 8 nitrogen and oxygen atoms in total. The predicted octanol–water partition coefficient (Wildman–Crippen LogP) is 6.41. The molecule has 1 N–H and O–H groups in total. The van der Waals surface area contributed by atoms with Gasteiger partial charge in [0.25, 0.3) is 0 Å². The minimum absolute atomic E-state index is 0.0768. The molecule has 2 aromatic carbocycles. The summed E-state index contributed by atoms with van der Waals surface area (Å²) in [6.45, 7) is 4.63. The molecule has 0 amide bonds. The number of halogens is 1. The average molecular weight is 499 g/mol. The molecule has 5 aromatic rings. The Balaban J connectivity index is 1.41. The van der Waals surface area contributed by atoms with Crippen LogP contribution in [0, 0.1) is 5.82 Å². The summed E-state index contributed by atoms with van der Waals surface area (Å²) in [5.41, 5.74) is 4.76. The lowest BCUT2D eigenvalue weighted by molar-refractivity contribution is -0.0298. The number of nitrogens with one attached hydrogen (secondary N) is 1. The summed E-state index contributed by atoms with van der Waals surface area (Å²) in [5, 5.41) is 4.27. The van der Waals surface area contributed by atoms with Gasteiger partial charge in [-0.1, -0.05) is 12.1 Å². The zero-order valence-corrected chi connectivity index (χ0v) is 20.7. The Bertz CT molecular complexity index is 1560. The number of rotatable bonds is 6. The molecular weight excluding hydrogens is 471 g/mol. The molecule has 0 saturated carbocycles. The van der Waals surface area contributed by atoms with Crippen molar-refractivity contribution < 1.29 is 13.9 Å². The molecule has 188 valence electrons. The summed E-state index contributed by atoms with van der Waals surface area (Å²) in [6.07, 6.45) is 6.38. The highest BCUT2D eigenvalue weighted by molar-refractivity contribution is 5.96. The van der Waals surface area contributed by atoms with E-state index < -0.39 is 0 Å². The molecule has 1 fully saturated rings. The SMILES string of the molecule is CC(C)Oc1nc(Nc2ccc3nccc(-c4ccc(F)cc4)c3c2)nc2c1ncn2C1CCCCO1. The van der Waals surface area contributed by atoms with E-state index in [1.165, 1.54) is 12.1 Å². The third kappa shape index (κ3) is 4.70. The summed E-state index contributed by atoms with van der Waals surface area (Å²) in [5.74, 6) is 0.549. The van der Waals surface area contributed by atoms with Gasteiger partial charge >= 0.3 is 0 Å². The van der Waals surface area contributed by atoms with Crippen LogP contribution in [-0.4, -0.2) is 37.2 Å². The fraction of sp³-hybridized carbons (Fsp3) is 0.286. The van der Waals surface area contributed by atoms with Crippen LogP contribution >= 0.6 is 0 Å². The molecule has 4 heterocycles. The van der Waals surface area contributed by atoms with E-state index in [0.29, 0.717) is 23.0 Å². The van der Waals surface area contributed by atoms with Crippen LogP contribution in [0.25, 0.3) is 33.2 Å². The number of hydrogen-bond donors (Lipinski definition) is 1. The number of fused-ring (bicyclic) bond motifs is 2. The summed E-state index contributed by atoms with van der Waals surface area (Å²) >= 11 is 0. The monoisotopic (exact) mass is 498 g/mol. The fourth-order valence-electron chi connectivity index (χ4n) is 4.64. The van der Waals surface area contributed by atoms with Crippen molar-refractivity contribution in [3.05, 3.63) is 66.9 Å². The number of anilines is 2. The minimum Gasteiger partial charge on any atom is -0.473 e. The molecule has 6 rings (SSSR count). The lowest BCUT2D eigenvalue weighted by Gasteiger charge is -2.24. The van der Waals surface area contributed by atoms with Gasteiger partial charge < -0.3 is 14.8 Å². The van der Waals surface area contributed by atoms with Gasteiger partial charge in [-0.15, -0.1) is 0 Å². The van der Waals surface area contributed by atoms with E-state index in [9.17, 15) is 4.39 Å². The Morgan fingerprint density at radius 2 is 1.92 bits per heavy atom. The van der Waals surface area contributed by atoms with Crippen LogP contribution in [0.1, 0.15) is 39.3 Å². The van der Waals surface area contributed by atoms with Crippen molar-refractivity contribution in [3.8, 4) is 17.0 Å². The molecule has 0 bridgehead atoms. The normalized spacial score (nSPS) is 15.9. The Hall–Kier alpha value is -4.11. The quantitative estimate of drug-likeness (QED) is 0.289. The Labute approximate surface area is 213 Å². The van der Waals surface area contributed by atoms with Crippen molar-refractivity contribution in [2.75, 3.05) is 11.9 Å². The molecule has 0 radical (unpaired) electrons. The Morgan fingerprint density at radius 1 is 1.05 bits per heavy atom. The minimum atomic E-state index is -0.269. The number of hydrogen-bond acceptors (Lipinski definition) is 7. The van der Waals surface area contributed by atoms with E-state index in [0.717, 1.165) is 53.6 Å². The second-order valence-electron chi connectivity index (χ2n) is 9.39. The topological polar surface area (TPSA) is 87.0 Å². The number of nitrogens with zero attached hydrogens (tertiary/aromatic N) is 5. The van der Waals surface area contributed by atoms with Gasteiger partial charge in [-0.25, -0.2) is 9.37 Å². The maximum atomic E-state index is 13.5. The van der Waals surface area contributed by atoms with Gasteiger partial charge in [0.15, 0.2) is 11.2 Å². The zero-order valence-electron chi connectivity index (χ0n) is 20.7. The van der Waals surface area contributed by atoms with Crippen molar-refractivity contribution >= 4 is 33.7 Å². The summed E-state index contributed by atoms with van der Waals surface area (Å²) in [7, 11) is 0. The number of aromatic nitrogens is 5. The lowest BCUT2D eigenvalue weighted by atomic mass is 10.0. The number of ether oxygens (including phenoxy) is 2. The van der Waals surface area contributed by atoms with Gasteiger partial charge in [-0.3, -0.25) is 9.55 Å². The van der Waals surface area contributed by atoms with Gasteiger partial charge in [0.05, 0.1) is 17.9 Å². The second-order valence-corrected chi connectivity index (χ2v) is 9.39. The van der Waals surface area contributed by atoms with Gasteiger partial charge in [-0.05, 0) is 80.6 Å². The highest BCUT2D eigenvalue weighted by Crippen LogP contribution is 2.33. The summed E-state index contributed by atoms with van der Waals surface area (Å²) in [4.78, 5) is 18.5. The highest BCUT2D eigenvalue weighted by atomic mass is 19.1. The summed E-state index contributed by atoms with van der Waals surface area (Å²) in [6, 6.07) is 14.3. The molecule has 3 aromatic heterocycles. The standard InChI is InChI=1S/C28H27FN6O2/c1-17(2)37-27-25-26(35(16-31-25)24-5-3-4-14-36-24)33-28(34-27)32-20-10-11-23-22(15-20)21(12-13-30-23)18-6-8-19(29)9-7-18/h6-13,15-17,24H,3-5,14H2,1-2H3,(H,32,33,34). The van der Waals surface area contributed by atoms with E-state index in [-0.39, 0.29) is 18.1 Å². The van der Waals surface area contributed by atoms with Crippen LogP contribution in [0.15, 0.2) is 61.1 Å². The van der Waals surface area contributed by atoms with Crippen LogP contribution in [0.2, 0.25) is 0 Å². The third-order valence-electron chi connectivity index (χ3n) is 6.36. The first-order valence-corrected chi connectivity index (χ1v) is 12.5. The van der Waals surface area contributed by atoms with E-state index in [4.69, 9.17) is 14.5 Å². The molecule has 1 aliphatic heterocycles. The van der Waals surface area contributed by atoms with Crippen LogP contribution in [-0.2, 0) is 4.74 Å². The average Bonchev–Trinajstić information content (AvgIpc) is 3.33. The molecule has 37 heavy (non-hydrogen) atoms. The van der Waals surface area contributed by atoms with E-state index in [2.05, 4.69) is 20.3 Å². The largest absolute Gasteiger partial charge is 0.473 e. The van der Waals surface area contributed by atoms with Crippen molar-refractivity contribution in [2.45, 2.75) is 45.4 Å². The van der Waals surface area contributed by atoms with Crippen LogP contribution in [0.3, 0.4) is 0 Å². The maximum absolute atomic E-state index is 13.5. The maximum Gasteiger partial charge on any atom is 0.247 e. The van der Waals surface area contributed by atoms with Crippen molar-refractivity contribution in [1.29, 1.82) is 0 Å². The van der Waals surface area contributed by atoms with Crippen LogP contribution in [0.5, 0.6) is 5.88 Å². The first kappa shape index (κ1) is 23.3. The first-order chi connectivity index (χ1) is 18.0. The van der Waals surface area contributed by atoms with Gasteiger partial charge in [0, 0.05) is 23.9 Å². The first-order valence-electron chi connectivity index (χ1n) is 12.5. The molecule has 1 saturated heterocycles. The number of imidazole rings is 1. The molecule has 1 aliphatic rings. The van der Waals surface area contributed by atoms with E-state index >= 15 is 0 Å². The molecule has 1 atom stereocenters. The van der Waals surface area contributed by atoms with Crippen LogP contribution in [0.4, 0.5) is 16.0 Å². The van der Waals surface area contributed by atoms with E-state index in [1.54, 1.807) is 24.7 Å². The van der Waals surface area contributed by atoms with Crippen LogP contribution < -0.4 is 10.1 Å². The molecule has 1 unspecified atom stereocenters. The van der Waals surface area contributed by atoms with Gasteiger partial charge in [-0.2, -0.15) is 9.97 Å². The van der Waals surface area contributed by atoms with Crippen molar-refractivity contribution in [3.63, 3.8) is 0 Å².